The minimum atomic E-state index is -0.00405. The van der Waals surface area contributed by atoms with E-state index in [9.17, 15) is 4.79 Å². The van der Waals surface area contributed by atoms with Gasteiger partial charge in [0.25, 0.3) is 0 Å². The number of benzene rings is 1. The van der Waals surface area contributed by atoms with Gasteiger partial charge in [-0.3, -0.25) is 9.78 Å². The summed E-state index contributed by atoms with van der Waals surface area (Å²) >= 11 is 0. The molecule has 1 heterocycles. The number of allylic oxidation sites excluding steroid dienone is 7. The van der Waals surface area contributed by atoms with Crippen LogP contribution >= 0.6 is 0 Å². The lowest BCUT2D eigenvalue weighted by molar-refractivity contribution is -0.123. The molecule has 3 N–H and O–H groups in total. The van der Waals surface area contributed by atoms with Crippen molar-refractivity contribution in [3.63, 3.8) is 0 Å². The Morgan fingerprint density at radius 3 is 1.94 bits per heavy atom. The Hall–Kier alpha value is -4.38. The number of nitrogens with two attached hydrogens (primary N) is 1. The third-order valence-corrected chi connectivity index (χ3v) is 7.20. The molecule has 0 aliphatic rings. The maximum atomic E-state index is 12.2. The van der Waals surface area contributed by atoms with E-state index in [0.29, 0.717) is 5.92 Å². The normalized spacial score (nSPS) is 11.8. The Bertz CT molecular complexity index is 1250. The number of rotatable bonds is 15. The standard InChI is InChI=1S/C32H41N3O.C5H10.C4H10.C2H5N.C2H6/c1-7-15-30(34-32(36)25(5)8-2)18-13-11-12-16-27-19-21-28(22-20-27)31(9-3)35(10-4)26(6)29-17-14-23-33-24-29;1-4-5(2)3;1-3-4-2;1-2-3;1-2/h7,11-25,31H,6,8-10H2,1-5H3,(H,34,36);4-5H,1H2,2-3H3;3-4H2,1-2H3;2H,1,3H2;1-2H3/b13-11+,15-7-,16-12+,30-18+;;;;. The number of pyridine rings is 1. The zero-order valence-corrected chi connectivity index (χ0v) is 33.6. The summed E-state index contributed by atoms with van der Waals surface area (Å²) in [5, 5.41) is 2.98. The van der Waals surface area contributed by atoms with Crippen LogP contribution in [0.15, 0.2) is 123 Å². The second kappa shape index (κ2) is 34.5. The highest BCUT2D eigenvalue weighted by Gasteiger charge is 2.19. The summed E-state index contributed by atoms with van der Waals surface area (Å²) in [5.41, 5.74) is 9.85. The van der Waals surface area contributed by atoms with Crippen LogP contribution < -0.4 is 11.1 Å². The number of hydrogen-bond donors (Lipinski definition) is 2. The van der Waals surface area contributed by atoms with Crippen molar-refractivity contribution < 1.29 is 4.79 Å². The van der Waals surface area contributed by atoms with E-state index in [-0.39, 0.29) is 17.9 Å². The van der Waals surface area contributed by atoms with Crippen LogP contribution in [-0.4, -0.2) is 22.3 Å². The minimum absolute atomic E-state index is 0.00405. The van der Waals surface area contributed by atoms with Crippen LogP contribution in [0.1, 0.15) is 125 Å². The fraction of sp³-hybridized carbons (Fsp3) is 0.422. The van der Waals surface area contributed by atoms with E-state index in [1.165, 1.54) is 24.6 Å². The summed E-state index contributed by atoms with van der Waals surface area (Å²) in [7, 11) is 0. The number of nitrogens with zero attached hydrogens (tertiary/aromatic N) is 2. The van der Waals surface area contributed by atoms with Gasteiger partial charge in [0.2, 0.25) is 5.91 Å². The average molecular weight is 685 g/mol. The molecule has 2 rings (SSSR count). The Labute approximate surface area is 308 Å². The van der Waals surface area contributed by atoms with Crippen molar-refractivity contribution in [3.8, 4) is 0 Å². The maximum Gasteiger partial charge on any atom is 0.227 e. The lowest BCUT2D eigenvalue weighted by Crippen LogP contribution is -2.27. The molecular formula is C45H72N4O. The summed E-state index contributed by atoms with van der Waals surface area (Å²) in [5.74, 6) is 0.688. The first-order chi connectivity index (χ1) is 24.0. The minimum Gasteiger partial charge on any atom is -0.405 e. The van der Waals surface area contributed by atoms with Crippen LogP contribution in [0.25, 0.3) is 11.8 Å². The summed E-state index contributed by atoms with van der Waals surface area (Å²) in [6, 6.07) is 13.0. The van der Waals surface area contributed by atoms with Crippen molar-refractivity contribution in [3.05, 3.63) is 140 Å². The van der Waals surface area contributed by atoms with Crippen molar-refractivity contribution in [2.75, 3.05) is 6.54 Å². The second-order valence-electron chi connectivity index (χ2n) is 11.4. The molecule has 0 fully saturated rings. The Morgan fingerprint density at radius 1 is 0.940 bits per heavy atom. The lowest BCUT2D eigenvalue weighted by atomic mass is 9.99. The third kappa shape index (κ3) is 23.9. The van der Waals surface area contributed by atoms with Crippen molar-refractivity contribution >= 4 is 17.7 Å². The van der Waals surface area contributed by atoms with Crippen LogP contribution in [0.2, 0.25) is 0 Å². The quantitative estimate of drug-likeness (QED) is 0.145. The number of hydrogen-bond acceptors (Lipinski definition) is 4. The molecular weight excluding hydrogens is 613 g/mol. The van der Waals surface area contributed by atoms with E-state index in [4.69, 9.17) is 0 Å². The first-order valence-electron chi connectivity index (χ1n) is 18.4. The van der Waals surface area contributed by atoms with Gasteiger partial charge in [0, 0.05) is 41.8 Å². The van der Waals surface area contributed by atoms with Gasteiger partial charge in [-0.05, 0) is 74.2 Å². The van der Waals surface area contributed by atoms with Gasteiger partial charge in [-0.2, -0.15) is 0 Å². The van der Waals surface area contributed by atoms with Gasteiger partial charge in [-0.1, -0.05) is 149 Å². The van der Waals surface area contributed by atoms with Crippen LogP contribution in [0.3, 0.4) is 0 Å². The predicted molar refractivity (Wildman–Crippen MR) is 225 cm³/mol. The molecule has 0 radical (unpaired) electrons. The van der Waals surface area contributed by atoms with Crippen molar-refractivity contribution in [2.45, 2.75) is 108 Å². The van der Waals surface area contributed by atoms with Gasteiger partial charge in [-0.15, -0.1) is 6.58 Å². The van der Waals surface area contributed by atoms with Gasteiger partial charge in [0.1, 0.15) is 0 Å². The number of carbonyl (C=O) groups is 1. The molecule has 50 heavy (non-hydrogen) atoms. The fourth-order valence-electron chi connectivity index (χ4n) is 3.92. The number of carbonyl (C=O) groups excluding carboxylic acids is 1. The van der Waals surface area contributed by atoms with Crippen LogP contribution in [0.5, 0.6) is 0 Å². The summed E-state index contributed by atoms with van der Waals surface area (Å²) in [6.07, 6.45) is 25.0. The maximum absolute atomic E-state index is 12.2. The molecule has 5 heteroatoms. The smallest absolute Gasteiger partial charge is 0.227 e. The Balaban J connectivity index is -0.00000134. The van der Waals surface area contributed by atoms with Gasteiger partial charge in [0.05, 0.1) is 6.04 Å². The molecule has 2 atom stereocenters. The fourth-order valence-corrected chi connectivity index (χ4v) is 3.92. The molecule has 0 spiro atoms. The largest absolute Gasteiger partial charge is 0.405 e. The van der Waals surface area contributed by atoms with Gasteiger partial charge in [-0.25, -0.2) is 0 Å². The van der Waals surface area contributed by atoms with E-state index < -0.39 is 0 Å². The zero-order valence-electron chi connectivity index (χ0n) is 33.6. The Kier molecular flexibility index (Phi) is 34.5. The van der Waals surface area contributed by atoms with E-state index in [2.05, 4.69) is 119 Å². The zero-order chi connectivity index (χ0) is 38.7. The van der Waals surface area contributed by atoms with Crippen LogP contribution in [0, 0.1) is 11.8 Å². The predicted octanol–water partition coefficient (Wildman–Crippen LogP) is 12.5. The molecule has 1 amide bonds. The third-order valence-electron chi connectivity index (χ3n) is 7.20. The summed E-state index contributed by atoms with van der Waals surface area (Å²) in [4.78, 5) is 18.8. The molecule has 1 aromatic carbocycles. The highest BCUT2D eigenvalue weighted by atomic mass is 16.1. The molecule has 0 aliphatic heterocycles. The number of unbranched alkanes of at least 4 members (excludes halogenated alkanes) is 1. The molecule has 2 unspecified atom stereocenters. The summed E-state index contributed by atoms with van der Waals surface area (Å²) in [6.45, 7) is 34.8. The lowest BCUT2D eigenvalue weighted by Gasteiger charge is -2.34. The van der Waals surface area contributed by atoms with E-state index in [0.717, 1.165) is 41.9 Å². The molecule has 2 aromatic rings. The second-order valence-corrected chi connectivity index (χ2v) is 11.4. The molecule has 0 saturated carbocycles. The highest BCUT2D eigenvalue weighted by Crippen LogP contribution is 2.31. The average Bonchev–Trinajstić information content (AvgIpc) is 3.15. The molecule has 278 valence electrons. The first kappa shape index (κ1) is 50.0. The van der Waals surface area contributed by atoms with Crippen molar-refractivity contribution in [1.29, 1.82) is 0 Å². The Morgan fingerprint density at radius 2 is 1.52 bits per heavy atom. The van der Waals surface area contributed by atoms with Crippen LogP contribution in [0.4, 0.5) is 0 Å². The van der Waals surface area contributed by atoms with Gasteiger partial charge >= 0.3 is 0 Å². The number of amides is 1. The molecule has 0 bridgehead atoms. The number of aromatic nitrogens is 1. The van der Waals surface area contributed by atoms with Crippen molar-refractivity contribution in [2.24, 2.45) is 17.6 Å². The SMILES string of the molecule is C=C(c1cccnc1)N(CC)C(CC)c1ccc(/C=C/C=C/C=C(\C=C/C)NC(=O)C(C)CC)cc1.C=CC(C)C.C=CN.CC.CCCC. The van der Waals surface area contributed by atoms with Crippen LogP contribution in [-0.2, 0) is 4.79 Å². The first-order valence-corrected chi connectivity index (χ1v) is 18.4. The van der Waals surface area contributed by atoms with E-state index in [1.54, 1.807) is 6.20 Å². The van der Waals surface area contributed by atoms with E-state index >= 15 is 0 Å². The topological polar surface area (TPSA) is 71.2 Å². The molecule has 1 aromatic heterocycles. The van der Waals surface area contributed by atoms with Gasteiger partial charge < -0.3 is 16.0 Å². The summed E-state index contributed by atoms with van der Waals surface area (Å²) < 4.78 is 0. The molecule has 0 saturated heterocycles. The van der Waals surface area contributed by atoms with E-state index in [1.807, 2.05) is 89.4 Å². The molecule has 0 aliphatic carbocycles. The highest BCUT2D eigenvalue weighted by molar-refractivity contribution is 5.80. The van der Waals surface area contributed by atoms with Crippen molar-refractivity contribution in [1.82, 2.24) is 15.2 Å². The number of nitrogens with one attached hydrogen (secondary N) is 1. The monoisotopic (exact) mass is 685 g/mol. The van der Waals surface area contributed by atoms with Gasteiger partial charge in [0.15, 0.2) is 0 Å². The molecule has 5 nitrogen and oxygen atoms in total.